The van der Waals surface area contributed by atoms with Crippen molar-refractivity contribution in [2.45, 2.75) is 23.9 Å². The summed E-state index contributed by atoms with van der Waals surface area (Å²) in [6.45, 7) is 3.06. The summed E-state index contributed by atoms with van der Waals surface area (Å²) in [7, 11) is 0. The lowest BCUT2D eigenvalue weighted by atomic mass is 9.87. The first kappa shape index (κ1) is 15.8. The van der Waals surface area contributed by atoms with Gasteiger partial charge in [0.25, 0.3) is 0 Å². The third-order valence-electron chi connectivity index (χ3n) is 3.99. The van der Waals surface area contributed by atoms with Crippen molar-refractivity contribution in [3.8, 4) is 5.75 Å². The summed E-state index contributed by atoms with van der Waals surface area (Å²) < 4.78 is 15.5. The molecule has 4 atom stereocenters. The molecule has 1 aromatic carbocycles. The van der Waals surface area contributed by atoms with E-state index in [1.54, 1.807) is 0 Å². The average molecular weight is 320 g/mol. The van der Waals surface area contributed by atoms with Crippen LogP contribution in [-0.2, 0) is 14.3 Å². The highest BCUT2D eigenvalue weighted by atomic mass is 16.6. The number of benzene rings is 1. The molecular weight excluding hydrogens is 304 g/mol. The van der Waals surface area contributed by atoms with Gasteiger partial charge >= 0.3 is 5.97 Å². The normalized spacial score (nSPS) is 32.3. The molecule has 2 N–H and O–H groups in total. The monoisotopic (exact) mass is 320 g/mol. The van der Waals surface area contributed by atoms with Crippen LogP contribution in [0.2, 0.25) is 0 Å². The Balaban J connectivity index is 1.78. The van der Waals surface area contributed by atoms with Crippen LogP contribution in [0.1, 0.15) is 10.4 Å². The summed E-state index contributed by atoms with van der Waals surface area (Å²) >= 11 is 0. The first-order valence-electron chi connectivity index (χ1n) is 7.08. The van der Waals surface area contributed by atoms with Gasteiger partial charge in [-0.1, -0.05) is 6.58 Å². The van der Waals surface area contributed by atoms with E-state index in [1.807, 2.05) is 0 Å². The van der Waals surface area contributed by atoms with E-state index in [0.29, 0.717) is 0 Å². The number of fused-ring (bicyclic) bond motifs is 1. The summed E-state index contributed by atoms with van der Waals surface area (Å²) in [6, 6.07) is 5.75. The van der Waals surface area contributed by atoms with E-state index in [0.717, 1.165) is 6.08 Å². The minimum Gasteiger partial charge on any atom is -0.423 e. The summed E-state index contributed by atoms with van der Waals surface area (Å²) in [5, 5.41) is 20.3. The second-order valence-electron chi connectivity index (χ2n) is 5.50. The van der Waals surface area contributed by atoms with E-state index >= 15 is 0 Å². The largest absolute Gasteiger partial charge is 0.423 e. The number of aliphatic hydroxyl groups excluding tert-OH is 1. The van der Waals surface area contributed by atoms with Crippen molar-refractivity contribution < 1.29 is 34.0 Å². The fraction of sp³-hybridized carbons (Fsp3) is 0.375. The zero-order chi connectivity index (χ0) is 16.6. The molecule has 3 rings (SSSR count). The predicted molar refractivity (Wildman–Crippen MR) is 77.0 cm³/mol. The first-order valence-corrected chi connectivity index (χ1v) is 7.08. The van der Waals surface area contributed by atoms with Crippen LogP contribution in [0.15, 0.2) is 36.9 Å². The fourth-order valence-corrected chi connectivity index (χ4v) is 2.78. The number of ketones is 1. The number of carbonyl (C=O) groups is 2. The highest BCUT2D eigenvalue weighted by Crippen LogP contribution is 2.36. The minimum absolute atomic E-state index is 0.0152. The number of rotatable bonds is 4. The molecule has 0 unspecified atom stereocenters. The summed E-state index contributed by atoms with van der Waals surface area (Å²) in [5.41, 5.74) is -1.62. The van der Waals surface area contributed by atoms with Gasteiger partial charge in [-0.05, 0) is 24.3 Å². The lowest BCUT2D eigenvalue weighted by Gasteiger charge is -2.25. The molecule has 7 nitrogen and oxygen atoms in total. The molecule has 0 bridgehead atoms. The van der Waals surface area contributed by atoms with E-state index < -0.39 is 35.7 Å². The number of Topliss-reactive ketones (excluding diaryl/α,β-unsaturated/α-hetero) is 1. The Kier molecular flexibility index (Phi) is 4.03. The third kappa shape index (κ3) is 2.68. The van der Waals surface area contributed by atoms with Gasteiger partial charge in [-0.2, -0.15) is 0 Å². The van der Waals surface area contributed by atoms with Crippen LogP contribution in [0, 0.1) is 0 Å². The molecule has 0 amide bonds. The van der Waals surface area contributed by atoms with E-state index in [4.69, 9.17) is 14.2 Å². The number of hydrogen-bond acceptors (Lipinski definition) is 7. The number of carbonyl (C=O) groups excluding carboxylic acids is 2. The van der Waals surface area contributed by atoms with Crippen LogP contribution < -0.4 is 4.74 Å². The molecule has 7 heteroatoms. The van der Waals surface area contributed by atoms with Crippen molar-refractivity contribution in [1.29, 1.82) is 0 Å². The molecule has 0 aromatic heterocycles. The molecule has 1 aromatic rings. The van der Waals surface area contributed by atoms with Crippen molar-refractivity contribution in [3.05, 3.63) is 42.5 Å². The van der Waals surface area contributed by atoms with Gasteiger partial charge in [-0.15, -0.1) is 0 Å². The maximum absolute atomic E-state index is 12.6. The van der Waals surface area contributed by atoms with Gasteiger partial charge in [-0.3, -0.25) is 4.79 Å². The maximum atomic E-state index is 12.6. The van der Waals surface area contributed by atoms with Gasteiger partial charge in [0.15, 0.2) is 11.4 Å². The summed E-state index contributed by atoms with van der Waals surface area (Å²) in [5.74, 6) is -0.921. The van der Waals surface area contributed by atoms with E-state index in [1.165, 1.54) is 24.3 Å². The molecule has 0 radical (unpaired) electrons. The van der Waals surface area contributed by atoms with E-state index in [9.17, 15) is 19.8 Å². The minimum atomic E-state index is -1.85. The number of esters is 1. The molecule has 23 heavy (non-hydrogen) atoms. The van der Waals surface area contributed by atoms with E-state index in [-0.39, 0.29) is 24.5 Å². The zero-order valence-corrected chi connectivity index (χ0v) is 12.2. The number of hydrogen-bond donors (Lipinski definition) is 2. The standard InChI is InChI=1S/C16H16O7/c1-2-12(18)23-10-5-3-9(4-6-10)14(19)16(20)8-22-13-11(17)7-21-15(13)16/h2-6,11,13,15,17,20H,1,7-8H2/t11-,13+,15-,16-/m0/s1. The number of ether oxygens (including phenoxy) is 3. The van der Waals surface area contributed by atoms with Crippen molar-refractivity contribution in [1.82, 2.24) is 0 Å². The third-order valence-corrected chi connectivity index (χ3v) is 3.99. The SMILES string of the molecule is C=CC(=O)Oc1ccc(C(=O)[C@@]2(O)CO[C@@H]3[C@@H](O)CO[C@@H]32)cc1. The van der Waals surface area contributed by atoms with Gasteiger partial charge in [-0.25, -0.2) is 4.79 Å². The van der Waals surface area contributed by atoms with E-state index in [2.05, 4.69) is 6.58 Å². The Labute approximate surface area is 132 Å². The Morgan fingerprint density at radius 1 is 1.30 bits per heavy atom. The zero-order valence-electron chi connectivity index (χ0n) is 12.2. The molecule has 0 saturated carbocycles. The quantitative estimate of drug-likeness (QED) is 0.344. The molecular formula is C16H16O7. The summed E-state index contributed by atoms with van der Waals surface area (Å²) in [4.78, 5) is 23.7. The molecule has 122 valence electrons. The Morgan fingerprint density at radius 3 is 2.65 bits per heavy atom. The van der Waals surface area contributed by atoms with Crippen LogP contribution in [0.5, 0.6) is 5.75 Å². The molecule has 2 aliphatic heterocycles. The molecule has 0 aliphatic carbocycles. The van der Waals surface area contributed by atoms with Crippen molar-refractivity contribution in [2.75, 3.05) is 13.2 Å². The Bertz CT molecular complexity index is 638. The van der Waals surface area contributed by atoms with Crippen LogP contribution in [0.4, 0.5) is 0 Å². The fourth-order valence-electron chi connectivity index (χ4n) is 2.78. The van der Waals surface area contributed by atoms with Crippen molar-refractivity contribution in [2.24, 2.45) is 0 Å². The van der Waals surface area contributed by atoms with Crippen LogP contribution >= 0.6 is 0 Å². The maximum Gasteiger partial charge on any atom is 0.335 e. The topological polar surface area (TPSA) is 102 Å². The van der Waals surface area contributed by atoms with Gasteiger partial charge in [0.05, 0.1) is 13.2 Å². The average Bonchev–Trinajstić information content (AvgIpc) is 3.10. The van der Waals surface area contributed by atoms with Crippen LogP contribution in [-0.4, -0.2) is 59.1 Å². The Hall–Kier alpha value is -2.06. The molecule has 0 spiro atoms. The highest BCUT2D eigenvalue weighted by molar-refractivity contribution is 6.03. The lowest BCUT2D eigenvalue weighted by Crippen LogP contribution is -2.50. The van der Waals surface area contributed by atoms with Gasteiger partial charge in [0, 0.05) is 11.6 Å². The van der Waals surface area contributed by atoms with Gasteiger partial charge < -0.3 is 24.4 Å². The lowest BCUT2D eigenvalue weighted by molar-refractivity contribution is -0.128. The van der Waals surface area contributed by atoms with Crippen molar-refractivity contribution >= 4 is 11.8 Å². The van der Waals surface area contributed by atoms with Gasteiger partial charge in [0.1, 0.15) is 24.1 Å². The second-order valence-corrected chi connectivity index (χ2v) is 5.50. The number of aliphatic hydroxyl groups is 2. The Morgan fingerprint density at radius 2 is 2.00 bits per heavy atom. The predicted octanol–water partition coefficient (Wildman–Crippen LogP) is -0.150. The molecule has 2 heterocycles. The van der Waals surface area contributed by atoms with Gasteiger partial charge in [0.2, 0.25) is 0 Å². The molecule has 2 fully saturated rings. The smallest absolute Gasteiger partial charge is 0.335 e. The second kappa shape index (κ2) is 5.86. The van der Waals surface area contributed by atoms with Crippen molar-refractivity contribution in [3.63, 3.8) is 0 Å². The first-order chi connectivity index (χ1) is 11.0. The molecule has 2 saturated heterocycles. The highest BCUT2D eigenvalue weighted by Gasteiger charge is 2.59. The summed E-state index contributed by atoms with van der Waals surface area (Å²) in [6.07, 6.45) is -1.44. The van der Waals surface area contributed by atoms with Crippen LogP contribution in [0.25, 0.3) is 0 Å². The van der Waals surface area contributed by atoms with Crippen LogP contribution in [0.3, 0.4) is 0 Å². The molecule has 2 aliphatic rings.